The van der Waals surface area contributed by atoms with Crippen LogP contribution in [-0.2, 0) is 6.61 Å². The molecule has 5 rings (SSSR count). The fourth-order valence-electron chi connectivity index (χ4n) is 3.91. The Kier molecular flexibility index (Phi) is 7.03. The van der Waals surface area contributed by atoms with Crippen LogP contribution in [0.15, 0.2) is 107 Å². The third-order valence-corrected chi connectivity index (χ3v) is 5.66. The van der Waals surface area contributed by atoms with Crippen LogP contribution in [0, 0.1) is 5.82 Å². The predicted molar refractivity (Wildman–Crippen MR) is 143 cm³/mol. The molecule has 0 fully saturated rings. The summed E-state index contributed by atoms with van der Waals surface area (Å²) in [5, 5.41) is 5.00. The van der Waals surface area contributed by atoms with Gasteiger partial charge in [-0.3, -0.25) is 4.79 Å². The van der Waals surface area contributed by atoms with Crippen molar-refractivity contribution in [2.45, 2.75) is 13.5 Å². The molecular weight excluding hydrogens is 469 g/mol. The zero-order valence-corrected chi connectivity index (χ0v) is 20.2. The van der Waals surface area contributed by atoms with Crippen molar-refractivity contribution in [3.05, 3.63) is 124 Å². The molecule has 0 bridgehead atoms. The number of halogens is 1. The monoisotopic (exact) mass is 493 g/mol. The van der Waals surface area contributed by atoms with Gasteiger partial charge < -0.3 is 9.47 Å². The van der Waals surface area contributed by atoms with Crippen LogP contribution in [-0.4, -0.2) is 22.5 Å². The van der Waals surface area contributed by atoms with E-state index in [0.29, 0.717) is 46.0 Å². The highest BCUT2D eigenvalue weighted by atomic mass is 19.1. The molecular formula is C30H24FN3O3. The summed E-state index contributed by atoms with van der Waals surface area (Å²) < 4.78 is 26.5. The van der Waals surface area contributed by atoms with E-state index in [9.17, 15) is 9.18 Å². The Labute approximate surface area is 213 Å². The Morgan fingerprint density at radius 3 is 2.51 bits per heavy atom. The van der Waals surface area contributed by atoms with Crippen molar-refractivity contribution in [2.24, 2.45) is 5.10 Å². The lowest BCUT2D eigenvalue weighted by atomic mass is 10.2. The maximum Gasteiger partial charge on any atom is 0.282 e. The highest BCUT2D eigenvalue weighted by molar-refractivity contribution is 5.82. The lowest BCUT2D eigenvalue weighted by Gasteiger charge is -2.13. The Balaban J connectivity index is 1.49. The fraction of sp³-hybridized carbons (Fsp3) is 0.100. The second kappa shape index (κ2) is 10.9. The number of nitrogens with zero attached hydrogens (tertiary/aromatic N) is 3. The molecule has 184 valence electrons. The van der Waals surface area contributed by atoms with Gasteiger partial charge in [0.25, 0.3) is 5.56 Å². The maximum absolute atomic E-state index is 13.5. The summed E-state index contributed by atoms with van der Waals surface area (Å²) in [7, 11) is 0. The van der Waals surface area contributed by atoms with E-state index in [2.05, 4.69) is 5.10 Å². The van der Waals surface area contributed by atoms with Gasteiger partial charge in [-0.25, -0.2) is 9.37 Å². The average Bonchev–Trinajstić information content (AvgIpc) is 2.93. The molecule has 0 amide bonds. The molecule has 0 aliphatic rings. The summed E-state index contributed by atoms with van der Waals surface area (Å²) >= 11 is 0. The normalized spacial score (nSPS) is 11.2. The maximum atomic E-state index is 13.5. The third kappa shape index (κ3) is 5.41. The smallest absolute Gasteiger partial charge is 0.282 e. The van der Waals surface area contributed by atoms with E-state index < -0.39 is 0 Å². The molecule has 5 aromatic rings. The highest BCUT2D eigenvalue weighted by Gasteiger charge is 2.12. The van der Waals surface area contributed by atoms with E-state index >= 15 is 0 Å². The molecule has 0 spiro atoms. The van der Waals surface area contributed by atoms with Gasteiger partial charge in [0.15, 0.2) is 17.3 Å². The van der Waals surface area contributed by atoms with Crippen LogP contribution >= 0.6 is 0 Å². The first kappa shape index (κ1) is 23.9. The zero-order chi connectivity index (χ0) is 25.6. The summed E-state index contributed by atoms with van der Waals surface area (Å²) in [6.07, 6.45) is 1.59. The number of hydrogen-bond acceptors (Lipinski definition) is 5. The molecule has 6 nitrogen and oxygen atoms in total. The van der Waals surface area contributed by atoms with Gasteiger partial charge >= 0.3 is 0 Å². The number of rotatable bonds is 8. The van der Waals surface area contributed by atoms with Gasteiger partial charge in [-0.1, -0.05) is 54.6 Å². The number of hydrogen-bond donors (Lipinski definition) is 0. The molecule has 0 saturated heterocycles. The van der Waals surface area contributed by atoms with E-state index in [-0.39, 0.29) is 18.0 Å². The van der Waals surface area contributed by atoms with Gasteiger partial charge in [0.1, 0.15) is 12.4 Å². The highest BCUT2D eigenvalue weighted by Crippen LogP contribution is 2.29. The first-order valence-electron chi connectivity index (χ1n) is 11.9. The van der Waals surface area contributed by atoms with Crippen LogP contribution in [0.3, 0.4) is 0 Å². The van der Waals surface area contributed by atoms with Gasteiger partial charge in [-0.15, -0.1) is 0 Å². The van der Waals surface area contributed by atoms with Gasteiger partial charge in [-0.2, -0.15) is 9.78 Å². The molecule has 0 aliphatic carbocycles. The molecule has 4 aromatic carbocycles. The van der Waals surface area contributed by atoms with Crippen LogP contribution in [0.25, 0.3) is 22.3 Å². The lowest BCUT2D eigenvalue weighted by molar-refractivity contribution is 0.269. The zero-order valence-electron chi connectivity index (χ0n) is 20.2. The molecule has 0 N–H and O–H groups in total. The second-order valence-corrected chi connectivity index (χ2v) is 8.24. The minimum absolute atomic E-state index is 0.198. The summed E-state index contributed by atoms with van der Waals surface area (Å²) in [4.78, 5) is 18.1. The number of aromatic nitrogens is 2. The lowest BCUT2D eigenvalue weighted by Crippen LogP contribution is -2.20. The molecule has 0 radical (unpaired) electrons. The minimum Gasteiger partial charge on any atom is -0.490 e. The van der Waals surface area contributed by atoms with E-state index in [0.717, 1.165) is 5.56 Å². The standard InChI is InChI=1S/C30H24FN3O3/c1-2-36-28-18-21(15-16-27(28)37-20-22-9-8-12-24(31)17-22)19-32-34-29(23-10-4-3-5-11-23)33-26-14-7-6-13-25(26)30(34)35/h3-19H,2,20H2,1H3. The molecule has 37 heavy (non-hydrogen) atoms. The Morgan fingerprint density at radius 1 is 0.892 bits per heavy atom. The molecule has 1 heterocycles. The second-order valence-electron chi connectivity index (χ2n) is 8.24. The predicted octanol–water partition coefficient (Wildman–Crippen LogP) is 6.06. The van der Waals surface area contributed by atoms with Crippen LogP contribution in [0.1, 0.15) is 18.1 Å². The van der Waals surface area contributed by atoms with E-state index in [1.165, 1.54) is 16.8 Å². The first-order chi connectivity index (χ1) is 18.1. The minimum atomic E-state index is -0.314. The van der Waals surface area contributed by atoms with Crippen molar-refractivity contribution in [1.82, 2.24) is 9.66 Å². The van der Waals surface area contributed by atoms with Crippen molar-refractivity contribution in [2.75, 3.05) is 6.61 Å². The SMILES string of the molecule is CCOc1cc(C=Nn2c(-c3ccccc3)nc3ccccc3c2=O)ccc1OCc1cccc(F)c1. The summed E-state index contributed by atoms with van der Waals surface area (Å²) in [6.45, 7) is 2.51. The van der Waals surface area contributed by atoms with Crippen molar-refractivity contribution in [3.63, 3.8) is 0 Å². The molecule has 1 aromatic heterocycles. The Bertz CT molecular complexity index is 1630. The van der Waals surface area contributed by atoms with E-state index in [1.807, 2.05) is 55.5 Å². The van der Waals surface area contributed by atoms with Crippen molar-refractivity contribution >= 4 is 17.1 Å². The number of para-hydroxylation sites is 1. The van der Waals surface area contributed by atoms with Crippen LogP contribution < -0.4 is 15.0 Å². The molecule has 7 heteroatoms. The molecule has 0 aliphatic heterocycles. The van der Waals surface area contributed by atoms with E-state index in [4.69, 9.17) is 14.5 Å². The van der Waals surface area contributed by atoms with Gasteiger partial charge in [0, 0.05) is 5.56 Å². The third-order valence-electron chi connectivity index (χ3n) is 5.66. The van der Waals surface area contributed by atoms with Crippen LogP contribution in [0.2, 0.25) is 0 Å². The van der Waals surface area contributed by atoms with E-state index in [1.54, 1.807) is 42.6 Å². The average molecular weight is 494 g/mol. The van der Waals surface area contributed by atoms with Crippen LogP contribution in [0.4, 0.5) is 4.39 Å². The summed E-state index contributed by atoms with van der Waals surface area (Å²) in [6, 6.07) is 28.3. The number of fused-ring (bicyclic) bond motifs is 1. The Hall–Kier alpha value is -4.78. The number of benzene rings is 4. The molecule has 0 atom stereocenters. The molecule has 0 unspecified atom stereocenters. The largest absolute Gasteiger partial charge is 0.490 e. The van der Waals surface area contributed by atoms with Crippen molar-refractivity contribution in [3.8, 4) is 22.9 Å². The van der Waals surface area contributed by atoms with Crippen molar-refractivity contribution in [1.29, 1.82) is 0 Å². The van der Waals surface area contributed by atoms with Crippen molar-refractivity contribution < 1.29 is 13.9 Å². The molecule has 0 saturated carbocycles. The quantitative estimate of drug-likeness (QED) is 0.246. The topological polar surface area (TPSA) is 65.7 Å². The first-order valence-corrected chi connectivity index (χ1v) is 11.9. The fourth-order valence-corrected chi connectivity index (χ4v) is 3.91. The number of ether oxygens (including phenoxy) is 2. The Morgan fingerprint density at radius 2 is 1.70 bits per heavy atom. The van der Waals surface area contributed by atoms with Gasteiger partial charge in [-0.05, 0) is 60.5 Å². The van der Waals surface area contributed by atoms with Gasteiger partial charge in [0.05, 0.1) is 23.7 Å². The van der Waals surface area contributed by atoms with Gasteiger partial charge in [0.2, 0.25) is 0 Å². The summed E-state index contributed by atoms with van der Waals surface area (Å²) in [5.74, 6) is 1.18. The van der Waals surface area contributed by atoms with Crippen LogP contribution in [0.5, 0.6) is 11.5 Å². The summed E-state index contributed by atoms with van der Waals surface area (Å²) in [5.41, 5.74) is 2.54.